The summed E-state index contributed by atoms with van der Waals surface area (Å²) in [6.45, 7) is 4.39. The van der Waals surface area contributed by atoms with Gasteiger partial charge >= 0.3 is 0 Å². The minimum absolute atomic E-state index is 0.0347. The summed E-state index contributed by atoms with van der Waals surface area (Å²) in [6.07, 6.45) is 3.14. The van der Waals surface area contributed by atoms with E-state index in [-0.39, 0.29) is 5.56 Å². The SMILES string of the molecule is CCn1cnn2ncc(C)c2c1=O. The molecule has 5 nitrogen and oxygen atoms in total. The summed E-state index contributed by atoms with van der Waals surface area (Å²) in [4.78, 5) is 11.7. The molecule has 0 spiro atoms. The molecule has 0 amide bonds. The smallest absolute Gasteiger partial charge is 0.279 e. The van der Waals surface area contributed by atoms with Crippen LogP contribution in [0.2, 0.25) is 0 Å². The number of aryl methyl sites for hydroxylation is 2. The molecule has 2 aromatic heterocycles. The summed E-state index contributed by atoms with van der Waals surface area (Å²) in [6, 6.07) is 0. The zero-order valence-corrected chi connectivity index (χ0v) is 7.56. The van der Waals surface area contributed by atoms with Gasteiger partial charge in [-0.25, -0.2) is 0 Å². The van der Waals surface area contributed by atoms with Crippen molar-refractivity contribution >= 4 is 5.52 Å². The third-order valence-electron chi connectivity index (χ3n) is 2.04. The third kappa shape index (κ3) is 1.04. The Bertz CT molecular complexity index is 496. The van der Waals surface area contributed by atoms with Crippen LogP contribution in [0.3, 0.4) is 0 Å². The number of hydrogen-bond donors (Lipinski definition) is 0. The zero-order chi connectivity index (χ0) is 9.42. The summed E-state index contributed by atoms with van der Waals surface area (Å²) >= 11 is 0. The maximum Gasteiger partial charge on any atom is 0.279 e. The molecular formula is C8H10N4O. The molecule has 5 heteroatoms. The molecule has 0 fully saturated rings. The number of nitrogens with zero attached hydrogens (tertiary/aromatic N) is 4. The van der Waals surface area contributed by atoms with Gasteiger partial charge in [0.05, 0.1) is 6.20 Å². The van der Waals surface area contributed by atoms with Crippen molar-refractivity contribution in [1.82, 2.24) is 19.4 Å². The van der Waals surface area contributed by atoms with E-state index in [1.807, 2.05) is 13.8 Å². The van der Waals surface area contributed by atoms with E-state index in [4.69, 9.17) is 0 Å². The summed E-state index contributed by atoms with van der Waals surface area (Å²) in [5.41, 5.74) is 1.39. The van der Waals surface area contributed by atoms with Crippen molar-refractivity contribution in [1.29, 1.82) is 0 Å². The first-order valence-electron chi connectivity index (χ1n) is 4.14. The van der Waals surface area contributed by atoms with Gasteiger partial charge in [0.2, 0.25) is 0 Å². The van der Waals surface area contributed by atoms with Gasteiger partial charge in [0.15, 0.2) is 5.52 Å². The first-order valence-corrected chi connectivity index (χ1v) is 4.14. The molecule has 0 bridgehead atoms. The Balaban J connectivity index is 2.92. The van der Waals surface area contributed by atoms with Crippen LogP contribution in [0.5, 0.6) is 0 Å². The summed E-state index contributed by atoms with van der Waals surface area (Å²) < 4.78 is 2.92. The monoisotopic (exact) mass is 178 g/mol. The molecule has 0 N–H and O–H groups in total. The van der Waals surface area contributed by atoms with Gasteiger partial charge in [-0.1, -0.05) is 0 Å². The molecule has 0 aliphatic carbocycles. The molecule has 13 heavy (non-hydrogen) atoms. The Labute approximate surface area is 74.6 Å². The number of rotatable bonds is 1. The predicted molar refractivity (Wildman–Crippen MR) is 47.7 cm³/mol. The zero-order valence-electron chi connectivity index (χ0n) is 7.56. The molecule has 0 atom stereocenters. The molecule has 0 aliphatic heterocycles. The van der Waals surface area contributed by atoms with Crippen LogP contribution >= 0.6 is 0 Å². The number of aromatic nitrogens is 4. The van der Waals surface area contributed by atoms with Crippen LogP contribution in [0.1, 0.15) is 12.5 Å². The largest absolute Gasteiger partial charge is 0.296 e. The molecule has 2 rings (SSSR count). The molecule has 0 saturated heterocycles. The lowest BCUT2D eigenvalue weighted by molar-refractivity contribution is 0.656. The summed E-state index contributed by atoms with van der Waals surface area (Å²) in [5.74, 6) is 0. The van der Waals surface area contributed by atoms with Crippen LogP contribution < -0.4 is 5.56 Å². The van der Waals surface area contributed by atoms with Crippen molar-refractivity contribution in [2.45, 2.75) is 20.4 Å². The van der Waals surface area contributed by atoms with Gasteiger partial charge in [0.1, 0.15) is 6.33 Å². The quantitative estimate of drug-likeness (QED) is 0.627. The standard InChI is InChI=1S/C8H10N4O/c1-3-11-5-10-12-7(8(11)13)6(2)4-9-12/h4-5H,3H2,1-2H3. The Morgan fingerprint density at radius 1 is 1.46 bits per heavy atom. The second kappa shape index (κ2) is 2.69. The maximum atomic E-state index is 11.7. The fraction of sp³-hybridized carbons (Fsp3) is 0.375. The van der Waals surface area contributed by atoms with Crippen LogP contribution in [0, 0.1) is 6.92 Å². The van der Waals surface area contributed by atoms with Crippen molar-refractivity contribution in [2.24, 2.45) is 0 Å². The van der Waals surface area contributed by atoms with E-state index in [1.54, 1.807) is 10.8 Å². The highest BCUT2D eigenvalue weighted by Crippen LogP contribution is 2.00. The van der Waals surface area contributed by atoms with E-state index in [9.17, 15) is 4.79 Å². The van der Waals surface area contributed by atoms with Crippen molar-refractivity contribution in [2.75, 3.05) is 0 Å². The Morgan fingerprint density at radius 3 is 2.92 bits per heavy atom. The topological polar surface area (TPSA) is 52.2 Å². The maximum absolute atomic E-state index is 11.7. The van der Waals surface area contributed by atoms with Crippen LogP contribution in [0.15, 0.2) is 17.3 Å². The van der Waals surface area contributed by atoms with E-state index in [2.05, 4.69) is 10.2 Å². The highest BCUT2D eigenvalue weighted by molar-refractivity contribution is 5.49. The molecule has 0 aromatic carbocycles. The lowest BCUT2D eigenvalue weighted by atomic mass is 10.3. The molecule has 2 aromatic rings. The van der Waals surface area contributed by atoms with Gasteiger partial charge in [0, 0.05) is 12.1 Å². The fourth-order valence-corrected chi connectivity index (χ4v) is 1.28. The van der Waals surface area contributed by atoms with Gasteiger partial charge < -0.3 is 0 Å². The molecule has 0 aliphatic rings. The average molecular weight is 178 g/mol. The minimum Gasteiger partial charge on any atom is -0.296 e. The number of fused-ring (bicyclic) bond motifs is 1. The van der Waals surface area contributed by atoms with Crippen molar-refractivity contribution in [3.8, 4) is 0 Å². The van der Waals surface area contributed by atoms with E-state index in [1.165, 1.54) is 11.0 Å². The van der Waals surface area contributed by atoms with Crippen LogP contribution in [-0.4, -0.2) is 19.4 Å². The van der Waals surface area contributed by atoms with E-state index < -0.39 is 0 Å². The second-order valence-electron chi connectivity index (χ2n) is 2.89. The first kappa shape index (κ1) is 7.97. The number of hydrogen-bond acceptors (Lipinski definition) is 3. The van der Waals surface area contributed by atoms with Crippen LogP contribution in [-0.2, 0) is 6.54 Å². The van der Waals surface area contributed by atoms with Crippen LogP contribution in [0.25, 0.3) is 5.52 Å². The summed E-state index contributed by atoms with van der Waals surface area (Å²) in [5, 5.41) is 7.95. The Morgan fingerprint density at radius 2 is 2.23 bits per heavy atom. The van der Waals surface area contributed by atoms with Gasteiger partial charge in [-0.05, 0) is 13.8 Å². The predicted octanol–water partition coefficient (Wildman–Crippen LogP) is 0.219. The average Bonchev–Trinajstić information content (AvgIpc) is 2.49. The minimum atomic E-state index is -0.0347. The van der Waals surface area contributed by atoms with Crippen molar-refractivity contribution in [3.63, 3.8) is 0 Å². The van der Waals surface area contributed by atoms with E-state index in [0.29, 0.717) is 12.1 Å². The second-order valence-corrected chi connectivity index (χ2v) is 2.89. The van der Waals surface area contributed by atoms with Gasteiger partial charge in [-0.2, -0.15) is 5.10 Å². The van der Waals surface area contributed by atoms with E-state index in [0.717, 1.165) is 5.56 Å². The third-order valence-corrected chi connectivity index (χ3v) is 2.04. The highest BCUT2D eigenvalue weighted by atomic mass is 16.1. The molecule has 68 valence electrons. The van der Waals surface area contributed by atoms with Crippen molar-refractivity contribution < 1.29 is 0 Å². The summed E-state index contributed by atoms with van der Waals surface area (Å²) in [7, 11) is 0. The fourth-order valence-electron chi connectivity index (χ4n) is 1.28. The molecule has 0 unspecified atom stereocenters. The normalized spacial score (nSPS) is 10.9. The van der Waals surface area contributed by atoms with Gasteiger partial charge in [-0.15, -0.1) is 9.73 Å². The highest BCUT2D eigenvalue weighted by Gasteiger charge is 2.06. The van der Waals surface area contributed by atoms with E-state index >= 15 is 0 Å². The molecule has 2 heterocycles. The molecule has 0 saturated carbocycles. The van der Waals surface area contributed by atoms with Crippen LogP contribution in [0.4, 0.5) is 0 Å². The lowest BCUT2D eigenvalue weighted by Crippen LogP contribution is -2.22. The van der Waals surface area contributed by atoms with Crippen molar-refractivity contribution in [3.05, 3.63) is 28.4 Å². The first-order chi connectivity index (χ1) is 6.24. The van der Waals surface area contributed by atoms with Gasteiger partial charge in [-0.3, -0.25) is 9.36 Å². The Hall–Kier alpha value is -1.65. The molecule has 0 radical (unpaired) electrons. The van der Waals surface area contributed by atoms with Gasteiger partial charge in [0.25, 0.3) is 5.56 Å². The molecular weight excluding hydrogens is 168 g/mol. The lowest BCUT2D eigenvalue weighted by Gasteiger charge is -1.99. The Kier molecular flexibility index (Phi) is 1.65.